The number of carbonyl (C=O) groups excluding carboxylic acids is 2. The molecule has 65 heavy (non-hydrogen) atoms. The van der Waals surface area contributed by atoms with Gasteiger partial charge in [-0.2, -0.15) is 0 Å². The zero-order chi connectivity index (χ0) is 47.2. The van der Waals surface area contributed by atoms with E-state index in [-0.39, 0.29) is 18.5 Å². The second-order valence-corrected chi connectivity index (χ2v) is 20.0. The van der Waals surface area contributed by atoms with Gasteiger partial charge in [-0.15, -0.1) is 0 Å². The maximum absolute atomic E-state index is 12.4. The molecular formula is C59H113NO5. The number of rotatable bonds is 54. The van der Waals surface area contributed by atoms with Crippen molar-refractivity contribution in [3.8, 4) is 0 Å². The average Bonchev–Trinajstić information content (AvgIpc) is 3.31. The standard InChI is InChI=1S/C59H113NO5/c1-3-5-7-9-11-13-15-16-17-18-19-23-26-29-33-37-41-45-49-53-59(64)65-54-50-46-42-38-34-30-27-24-21-20-22-25-28-32-36-40-44-48-52-58(63)60-56(55-61)57(62)51-47-43-39-35-31-14-12-10-8-6-4-2/h16-17,47,51,56-57,61-62H,3-15,18-46,48-50,52-55H2,1-2H3,(H,60,63)/b17-16-,51-47+. The van der Waals surface area contributed by atoms with Gasteiger partial charge in [-0.3, -0.25) is 9.59 Å². The van der Waals surface area contributed by atoms with Crippen molar-refractivity contribution in [2.45, 2.75) is 328 Å². The van der Waals surface area contributed by atoms with Gasteiger partial charge in [0.1, 0.15) is 0 Å². The Morgan fingerprint density at radius 3 is 1.09 bits per heavy atom. The molecule has 2 atom stereocenters. The molecule has 0 saturated carbocycles. The number of hydrogen-bond acceptors (Lipinski definition) is 5. The van der Waals surface area contributed by atoms with Gasteiger partial charge in [0, 0.05) is 12.8 Å². The van der Waals surface area contributed by atoms with Crippen LogP contribution in [0, 0.1) is 0 Å². The van der Waals surface area contributed by atoms with Gasteiger partial charge in [0.15, 0.2) is 0 Å². The van der Waals surface area contributed by atoms with Crippen LogP contribution in [0.1, 0.15) is 316 Å². The minimum absolute atomic E-state index is 0.00605. The van der Waals surface area contributed by atoms with Gasteiger partial charge < -0.3 is 20.3 Å². The lowest BCUT2D eigenvalue weighted by atomic mass is 10.0. The van der Waals surface area contributed by atoms with E-state index in [1.165, 1.54) is 244 Å². The van der Waals surface area contributed by atoms with E-state index in [1.807, 2.05) is 6.08 Å². The average molecular weight is 917 g/mol. The predicted octanol–water partition coefficient (Wildman–Crippen LogP) is 17.9. The second kappa shape index (κ2) is 54.9. The highest BCUT2D eigenvalue weighted by Gasteiger charge is 2.18. The van der Waals surface area contributed by atoms with Crippen molar-refractivity contribution in [2.75, 3.05) is 13.2 Å². The third kappa shape index (κ3) is 51.6. The van der Waals surface area contributed by atoms with Gasteiger partial charge in [-0.05, 0) is 57.8 Å². The zero-order valence-corrected chi connectivity index (χ0v) is 43.7. The summed E-state index contributed by atoms with van der Waals surface area (Å²) >= 11 is 0. The fraction of sp³-hybridized carbons (Fsp3) is 0.898. The first-order valence-corrected chi connectivity index (χ1v) is 29.1. The van der Waals surface area contributed by atoms with Crippen molar-refractivity contribution >= 4 is 11.9 Å². The van der Waals surface area contributed by atoms with Crippen molar-refractivity contribution in [2.24, 2.45) is 0 Å². The maximum atomic E-state index is 12.4. The number of esters is 1. The predicted molar refractivity (Wildman–Crippen MR) is 283 cm³/mol. The van der Waals surface area contributed by atoms with Gasteiger partial charge in [-0.1, -0.05) is 269 Å². The SMILES string of the molecule is CCCCCCCC/C=C\CCCCCCCCCCCC(=O)OCCCCCCCCCCCCCCCCCCCCC(=O)NC(CO)C(O)/C=C/CCCCCCCCCCC. The van der Waals surface area contributed by atoms with Crippen LogP contribution in [0.3, 0.4) is 0 Å². The Bertz CT molecular complexity index is 1010. The summed E-state index contributed by atoms with van der Waals surface area (Å²) in [5, 5.41) is 23.0. The van der Waals surface area contributed by atoms with Crippen molar-refractivity contribution in [3.05, 3.63) is 24.3 Å². The molecule has 0 bridgehead atoms. The van der Waals surface area contributed by atoms with Crippen molar-refractivity contribution in [3.63, 3.8) is 0 Å². The quantitative estimate of drug-likeness (QED) is 0.0321. The van der Waals surface area contributed by atoms with Gasteiger partial charge in [0.05, 0.1) is 25.4 Å². The zero-order valence-electron chi connectivity index (χ0n) is 43.7. The largest absolute Gasteiger partial charge is 0.466 e. The number of unbranched alkanes of at least 4 members (excludes halogenated alkanes) is 41. The molecule has 0 aliphatic rings. The van der Waals surface area contributed by atoms with Crippen LogP contribution in [-0.4, -0.2) is 47.4 Å². The van der Waals surface area contributed by atoms with Gasteiger partial charge in [0.2, 0.25) is 5.91 Å². The van der Waals surface area contributed by atoms with Crippen LogP contribution >= 0.6 is 0 Å². The summed E-state index contributed by atoms with van der Waals surface area (Å²) in [5.74, 6) is -0.0666. The van der Waals surface area contributed by atoms with Gasteiger partial charge in [-0.25, -0.2) is 0 Å². The summed E-state index contributed by atoms with van der Waals surface area (Å²) in [6.07, 6.45) is 66.3. The number of allylic oxidation sites excluding steroid dienone is 3. The summed E-state index contributed by atoms with van der Waals surface area (Å²) in [5.41, 5.74) is 0. The molecule has 0 aromatic carbocycles. The Kier molecular flexibility index (Phi) is 53.5. The molecule has 0 radical (unpaired) electrons. The fourth-order valence-corrected chi connectivity index (χ4v) is 8.98. The monoisotopic (exact) mass is 916 g/mol. The number of nitrogens with one attached hydrogen (secondary N) is 1. The number of ether oxygens (including phenoxy) is 1. The van der Waals surface area contributed by atoms with Gasteiger partial charge in [0.25, 0.3) is 0 Å². The Morgan fingerprint density at radius 2 is 0.723 bits per heavy atom. The highest BCUT2D eigenvalue weighted by Crippen LogP contribution is 2.17. The molecule has 0 aliphatic carbocycles. The molecule has 1 amide bonds. The van der Waals surface area contributed by atoms with Crippen LogP contribution in [0.15, 0.2) is 24.3 Å². The first-order chi connectivity index (χ1) is 32.0. The molecule has 0 aromatic heterocycles. The molecule has 384 valence electrons. The number of aliphatic hydroxyl groups is 2. The maximum Gasteiger partial charge on any atom is 0.305 e. The second-order valence-electron chi connectivity index (χ2n) is 20.0. The Balaban J connectivity index is 3.39. The van der Waals surface area contributed by atoms with Crippen LogP contribution in [0.2, 0.25) is 0 Å². The van der Waals surface area contributed by atoms with Crippen LogP contribution < -0.4 is 5.32 Å². The molecule has 0 spiro atoms. The van der Waals surface area contributed by atoms with Crippen LogP contribution in [0.4, 0.5) is 0 Å². The Morgan fingerprint density at radius 1 is 0.415 bits per heavy atom. The molecule has 6 heteroatoms. The first kappa shape index (κ1) is 63.3. The van der Waals surface area contributed by atoms with E-state index in [0.29, 0.717) is 19.4 Å². The normalized spacial score (nSPS) is 12.7. The molecule has 0 saturated heterocycles. The molecule has 3 N–H and O–H groups in total. The van der Waals surface area contributed by atoms with Crippen LogP contribution in [0.5, 0.6) is 0 Å². The topological polar surface area (TPSA) is 95.9 Å². The summed E-state index contributed by atoms with van der Waals surface area (Å²) in [7, 11) is 0. The molecule has 0 rings (SSSR count). The third-order valence-electron chi connectivity index (χ3n) is 13.5. The van der Waals surface area contributed by atoms with E-state index in [0.717, 1.165) is 44.9 Å². The van der Waals surface area contributed by atoms with Crippen LogP contribution in [-0.2, 0) is 14.3 Å². The summed E-state index contributed by atoms with van der Waals surface area (Å²) in [6.45, 7) is 4.89. The molecule has 2 unspecified atom stereocenters. The van der Waals surface area contributed by atoms with Crippen molar-refractivity contribution < 1.29 is 24.5 Å². The number of amides is 1. The summed E-state index contributed by atoms with van der Waals surface area (Å²) in [4.78, 5) is 24.5. The smallest absolute Gasteiger partial charge is 0.305 e. The number of carbonyl (C=O) groups is 2. The molecular weight excluding hydrogens is 803 g/mol. The van der Waals surface area contributed by atoms with E-state index in [4.69, 9.17) is 4.74 Å². The molecule has 6 nitrogen and oxygen atoms in total. The highest BCUT2D eigenvalue weighted by atomic mass is 16.5. The van der Waals surface area contributed by atoms with E-state index < -0.39 is 12.1 Å². The molecule has 0 aromatic rings. The van der Waals surface area contributed by atoms with Crippen LogP contribution in [0.25, 0.3) is 0 Å². The lowest BCUT2D eigenvalue weighted by Crippen LogP contribution is -2.45. The van der Waals surface area contributed by atoms with E-state index in [1.54, 1.807) is 6.08 Å². The molecule has 0 aliphatic heterocycles. The van der Waals surface area contributed by atoms with E-state index >= 15 is 0 Å². The Labute approximate surface area is 405 Å². The lowest BCUT2D eigenvalue weighted by Gasteiger charge is -2.20. The molecule has 0 heterocycles. The minimum Gasteiger partial charge on any atom is -0.466 e. The minimum atomic E-state index is -0.845. The third-order valence-corrected chi connectivity index (χ3v) is 13.5. The number of aliphatic hydroxyl groups excluding tert-OH is 2. The molecule has 0 fully saturated rings. The highest BCUT2D eigenvalue weighted by molar-refractivity contribution is 5.76. The number of hydrogen-bond donors (Lipinski definition) is 3. The summed E-state index contributed by atoms with van der Waals surface area (Å²) < 4.78 is 5.49. The first-order valence-electron chi connectivity index (χ1n) is 29.1. The van der Waals surface area contributed by atoms with E-state index in [9.17, 15) is 19.8 Å². The van der Waals surface area contributed by atoms with Crippen molar-refractivity contribution in [1.82, 2.24) is 5.32 Å². The Hall–Kier alpha value is -1.66. The fourth-order valence-electron chi connectivity index (χ4n) is 8.98. The summed E-state index contributed by atoms with van der Waals surface area (Å²) in [6, 6.07) is -0.629. The van der Waals surface area contributed by atoms with E-state index in [2.05, 4.69) is 31.3 Å². The van der Waals surface area contributed by atoms with Crippen molar-refractivity contribution in [1.29, 1.82) is 0 Å². The lowest BCUT2D eigenvalue weighted by molar-refractivity contribution is -0.143. The van der Waals surface area contributed by atoms with Gasteiger partial charge >= 0.3 is 5.97 Å².